The summed E-state index contributed by atoms with van der Waals surface area (Å²) in [7, 11) is 0. The summed E-state index contributed by atoms with van der Waals surface area (Å²) in [5.74, 6) is 0. The standard InChI is InChI=1S/C47H30N2O/c1-2-9-31(10-3-1)32-21-25-37(26-22-32)49(45-16-8-14-40-43-30-48-44-15-7-6-13-41(44)46(43)50-47(40)45)38-27-23-33(24-28-38)36-20-19-35-18-17-34-11-4-5-12-39(34)42(35)29-36/h1-30H. The van der Waals surface area contributed by atoms with Gasteiger partial charge in [-0.2, -0.15) is 0 Å². The molecule has 0 radical (unpaired) electrons. The second-order valence-electron chi connectivity index (χ2n) is 12.8. The molecule has 0 saturated heterocycles. The highest BCUT2D eigenvalue weighted by atomic mass is 16.3. The molecule has 0 bridgehead atoms. The monoisotopic (exact) mass is 638 g/mol. The largest absolute Gasteiger partial charge is 0.453 e. The third-order valence-corrected chi connectivity index (χ3v) is 9.89. The van der Waals surface area contributed by atoms with E-state index in [1.165, 1.54) is 43.8 Å². The summed E-state index contributed by atoms with van der Waals surface area (Å²) >= 11 is 0. The van der Waals surface area contributed by atoms with Crippen LogP contribution in [0.4, 0.5) is 17.1 Å². The molecule has 0 saturated carbocycles. The SMILES string of the molecule is c1ccc(-c2ccc(N(c3ccc(-c4ccc5ccc6ccccc6c5c4)cc3)c3cccc4c3oc3c5ccccc5ncc43)cc2)cc1. The fourth-order valence-corrected chi connectivity index (χ4v) is 7.39. The number of hydrogen-bond donors (Lipinski definition) is 0. The van der Waals surface area contributed by atoms with Crippen LogP contribution in [0.25, 0.3) is 76.6 Å². The maximum atomic E-state index is 6.80. The predicted molar refractivity (Wildman–Crippen MR) is 210 cm³/mol. The van der Waals surface area contributed by atoms with Crippen LogP contribution in [0.15, 0.2) is 187 Å². The average Bonchev–Trinajstić information content (AvgIpc) is 3.59. The molecular weight excluding hydrogens is 609 g/mol. The van der Waals surface area contributed by atoms with Crippen LogP contribution in [-0.2, 0) is 0 Å². The molecule has 10 aromatic rings. The van der Waals surface area contributed by atoms with Crippen LogP contribution in [0.1, 0.15) is 0 Å². The number of nitrogens with zero attached hydrogens (tertiary/aromatic N) is 2. The molecule has 3 nitrogen and oxygen atoms in total. The summed E-state index contributed by atoms with van der Waals surface area (Å²) in [6.07, 6.45) is 1.94. The van der Waals surface area contributed by atoms with Gasteiger partial charge in [-0.15, -0.1) is 0 Å². The van der Waals surface area contributed by atoms with Gasteiger partial charge in [0.05, 0.1) is 11.2 Å². The van der Waals surface area contributed by atoms with E-state index in [-0.39, 0.29) is 0 Å². The molecule has 0 amide bonds. The van der Waals surface area contributed by atoms with Gasteiger partial charge in [0.25, 0.3) is 0 Å². The maximum Gasteiger partial charge on any atom is 0.159 e. The Hall–Kier alpha value is -6.71. The van der Waals surface area contributed by atoms with Crippen LogP contribution in [0.5, 0.6) is 0 Å². The van der Waals surface area contributed by atoms with E-state index in [1.54, 1.807) is 0 Å². The summed E-state index contributed by atoms with van der Waals surface area (Å²) in [4.78, 5) is 7.06. The summed E-state index contributed by atoms with van der Waals surface area (Å²) in [6.45, 7) is 0. The Bertz CT molecular complexity index is 2850. The normalized spacial score (nSPS) is 11.6. The summed E-state index contributed by atoms with van der Waals surface area (Å²) in [6, 6.07) is 62.5. The zero-order valence-electron chi connectivity index (χ0n) is 27.1. The van der Waals surface area contributed by atoms with Gasteiger partial charge in [-0.3, -0.25) is 4.98 Å². The second kappa shape index (κ2) is 11.5. The van der Waals surface area contributed by atoms with Crippen molar-refractivity contribution in [2.45, 2.75) is 0 Å². The van der Waals surface area contributed by atoms with Gasteiger partial charge in [-0.05, 0) is 92.3 Å². The van der Waals surface area contributed by atoms with E-state index in [0.29, 0.717) is 0 Å². The Kier molecular flexibility index (Phi) is 6.49. The number of aromatic nitrogens is 1. The Morgan fingerprint density at radius 1 is 0.380 bits per heavy atom. The minimum Gasteiger partial charge on any atom is -0.453 e. The van der Waals surface area contributed by atoms with Gasteiger partial charge in [0.2, 0.25) is 0 Å². The van der Waals surface area contributed by atoms with Crippen LogP contribution < -0.4 is 4.90 Å². The van der Waals surface area contributed by atoms with Crippen molar-refractivity contribution in [2.75, 3.05) is 4.90 Å². The van der Waals surface area contributed by atoms with Crippen molar-refractivity contribution < 1.29 is 4.42 Å². The second-order valence-corrected chi connectivity index (χ2v) is 12.8. The Morgan fingerprint density at radius 3 is 1.74 bits per heavy atom. The lowest BCUT2D eigenvalue weighted by Gasteiger charge is -2.26. The molecule has 8 aromatic carbocycles. The Morgan fingerprint density at radius 2 is 0.960 bits per heavy atom. The third kappa shape index (κ3) is 4.63. The van der Waals surface area contributed by atoms with Crippen molar-refractivity contribution in [3.8, 4) is 22.3 Å². The lowest BCUT2D eigenvalue weighted by atomic mass is 9.97. The van der Waals surface area contributed by atoms with E-state index < -0.39 is 0 Å². The number of anilines is 3. The first-order valence-electron chi connectivity index (χ1n) is 17.0. The van der Waals surface area contributed by atoms with Gasteiger partial charge in [0.15, 0.2) is 5.58 Å². The van der Waals surface area contributed by atoms with Crippen LogP contribution in [0, 0.1) is 0 Å². The molecule has 0 N–H and O–H groups in total. The fourth-order valence-electron chi connectivity index (χ4n) is 7.39. The maximum absolute atomic E-state index is 6.80. The molecule has 234 valence electrons. The number of hydrogen-bond acceptors (Lipinski definition) is 3. The first-order valence-corrected chi connectivity index (χ1v) is 17.0. The quantitative estimate of drug-likeness (QED) is 0.176. The van der Waals surface area contributed by atoms with Gasteiger partial charge in [-0.25, -0.2) is 0 Å². The summed E-state index contributed by atoms with van der Waals surface area (Å²) in [5, 5.41) is 8.11. The van der Waals surface area contributed by atoms with Crippen LogP contribution in [-0.4, -0.2) is 4.98 Å². The topological polar surface area (TPSA) is 29.3 Å². The highest BCUT2D eigenvalue weighted by molar-refractivity contribution is 6.16. The zero-order chi connectivity index (χ0) is 33.0. The number of rotatable bonds is 5. The first-order chi connectivity index (χ1) is 24.8. The van der Waals surface area contributed by atoms with E-state index in [4.69, 9.17) is 9.40 Å². The lowest BCUT2D eigenvalue weighted by molar-refractivity contribution is 0.672. The number of furan rings is 1. The molecule has 3 heteroatoms. The number of para-hydroxylation sites is 2. The average molecular weight is 639 g/mol. The van der Waals surface area contributed by atoms with Gasteiger partial charge in [0, 0.05) is 33.7 Å². The van der Waals surface area contributed by atoms with Gasteiger partial charge < -0.3 is 9.32 Å². The smallest absolute Gasteiger partial charge is 0.159 e. The summed E-state index contributed by atoms with van der Waals surface area (Å²) in [5.41, 5.74) is 10.4. The first kappa shape index (κ1) is 28.3. The minimum atomic E-state index is 0.832. The highest BCUT2D eigenvalue weighted by Crippen LogP contribution is 2.44. The van der Waals surface area contributed by atoms with Crippen molar-refractivity contribution in [3.05, 3.63) is 182 Å². The molecule has 10 rings (SSSR count). The number of fused-ring (bicyclic) bond motifs is 8. The van der Waals surface area contributed by atoms with Crippen molar-refractivity contribution in [3.63, 3.8) is 0 Å². The lowest BCUT2D eigenvalue weighted by Crippen LogP contribution is -2.10. The Labute approximate surface area is 289 Å². The molecule has 50 heavy (non-hydrogen) atoms. The minimum absolute atomic E-state index is 0.832. The molecule has 0 aliphatic heterocycles. The van der Waals surface area contributed by atoms with E-state index in [9.17, 15) is 0 Å². The van der Waals surface area contributed by atoms with Crippen molar-refractivity contribution in [1.82, 2.24) is 4.98 Å². The number of benzene rings is 8. The van der Waals surface area contributed by atoms with Crippen LogP contribution in [0.3, 0.4) is 0 Å². The zero-order valence-corrected chi connectivity index (χ0v) is 27.1. The molecule has 0 aliphatic carbocycles. The third-order valence-electron chi connectivity index (χ3n) is 9.89. The molecule has 0 spiro atoms. The molecule has 0 atom stereocenters. The van der Waals surface area contributed by atoms with Crippen LogP contribution >= 0.6 is 0 Å². The molecule has 2 heterocycles. The van der Waals surface area contributed by atoms with E-state index in [0.717, 1.165) is 49.9 Å². The summed E-state index contributed by atoms with van der Waals surface area (Å²) < 4.78 is 6.80. The van der Waals surface area contributed by atoms with Gasteiger partial charge in [0.1, 0.15) is 5.58 Å². The van der Waals surface area contributed by atoms with E-state index in [1.807, 2.05) is 24.4 Å². The fraction of sp³-hybridized carbons (Fsp3) is 0. The van der Waals surface area contributed by atoms with E-state index in [2.05, 4.69) is 163 Å². The molecule has 0 unspecified atom stereocenters. The van der Waals surface area contributed by atoms with Crippen LogP contribution in [0.2, 0.25) is 0 Å². The predicted octanol–water partition coefficient (Wildman–Crippen LogP) is 13.2. The van der Waals surface area contributed by atoms with E-state index >= 15 is 0 Å². The molecular formula is C47H30N2O. The van der Waals surface area contributed by atoms with Gasteiger partial charge >= 0.3 is 0 Å². The molecule has 0 aliphatic rings. The van der Waals surface area contributed by atoms with Gasteiger partial charge in [-0.1, -0.05) is 127 Å². The highest BCUT2D eigenvalue weighted by Gasteiger charge is 2.20. The van der Waals surface area contributed by atoms with Crippen molar-refractivity contribution in [2.24, 2.45) is 0 Å². The number of pyridine rings is 1. The molecule has 2 aromatic heterocycles. The Balaban J connectivity index is 1.13. The van der Waals surface area contributed by atoms with Crippen molar-refractivity contribution in [1.29, 1.82) is 0 Å². The van der Waals surface area contributed by atoms with Crippen molar-refractivity contribution >= 4 is 71.4 Å². The molecule has 0 fully saturated rings.